The highest BCUT2D eigenvalue weighted by Crippen LogP contribution is 2.18. The zero-order valence-corrected chi connectivity index (χ0v) is 16.9. The smallest absolute Gasteiger partial charge is 0.257 e. The van der Waals surface area contributed by atoms with E-state index in [4.69, 9.17) is 0 Å². The SMILES string of the molecule is CC(C)c1ccc(NC(=O)c2cncc(C(=O)N(C)Cc3ccccc3)c2)cc1. The maximum atomic E-state index is 12.7. The molecule has 5 nitrogen and oxygen atoms in total. The van der Waals surface area contributed by atoms with E-state index in [9.17, 15) is 9.59 Å². The number of nitrogens with zero attached hydrogens (tertiary/aromatic N) is 2. The minimum Gasteiger partial charge on any atom is -0.337 e. The Morgan fingerprint density at radius 1 is 0.966 bits per heavy atom. The van der Waals surface area contributed by atoms with Gasteiger partial charge in [-0.1, -0.05) is 56.3 Å². The number of hydrogen-bond acceptors (Lipinski definition) is 3. The van der Waals surface area contributed by atoms with E-state index in [-0.39, 0.29) is 11.8 Å². The van der Waals surface area contributed by atoms with Crippen LogP contribution in [0.3, 0.4) is 0 Å². The summed E-state index contributed by atoms with van der Waals surface area (Å²) >= 11 is 0. The fraction of sp³-hybridized carbons (Fsp3) is 0.208. The van der Waals surface area contributed by atoms with Crippen LogP contribution in [0.1, 0.15) is 51.6 Å². The van der Waals surface area contributed by atoms with Crippen molar-refractivity contribution in [2.75, 3.05) is 12.4 Å². The van der Waals surface area contributed by atoms with Crippen molar-refractivity contribution < 1.29 is 9.59 Å². The molecule has 0 atom stereocenters. The van der Waals surface area contributed by atoms with E-state index in [0.717, 1.165) is 5.56 Å². The van der Waals surface area contributed by atoms with Crippen LogP contribution in [0.15, 0.2) is 73.1 Å². The first kappa shape index (κ1) is 20.3. The summed E-state index contributed by atoms with van der Waals surface area (Å²) in [6, 6.07) is 19.1. The van der Waals surface area contributed by atoms with Crippen LogP contribution in [0.4, 0.5) is 5.69 Å². The Hall–Kier alpha value is -3.47. The van der Waals surface area contributed by atoms with Gasteiger partial charge in [-0.05, 0) is 35.2 Å². The summed E-state index contributed by atoms with van der Waals surface area (Å²) in [5.74, 6) is -0.0491. The molecule has 3 aromatic rings. The van der Waals surface area contributed by atoms with E-state index in [2.05, 4.69) is 24.1 Å². The van der Waals surface area contributed by atoms with Gasteiger partial charge in [-0.2, -0.15) is 0 Å². The zero-order valence-electron chi connectivity index (χ0n) is 16.9. The average Bonchev–Trinajstić information content (AvgIpc) is 2.74. The lowest BCUT2D eigenvalue weighted by atomic mass is 10.0. The molecular weight excluding hydrogens is 362 g/mol. The second-order valence-corrected chi connectivity index (χ2v) is 7.34. The summed E-state index contributed by atoms with van der Waals surface area (Å²) < 4.78 is 0. The Kier molecular flexibility index (Phi) is 6.39. The van der Waals surface area contributed by atoms with Crippen molar-refractivity contribution in [2.45, 2.75) is 26.3 Å². The van der Waals surface area contributed by atoms with Crippen LogP contribution < -0.4 is 5.32 Å². The van der Waals surface area contributed by atoms with Gasteiger partial charge >= 0.3 is 0 Å². The van der Waals surface area contributed by atoms with Crippen molar-refractivity contribution in [2.24, 2.45) is 0 Å². The number of carbonyl (C=O) groups excluding carboxylic acids is 2. The van der Waals surface area contributed by atoms with Crippen LogP contribution in [-0.2, 0) is 6.54 Å². The molecule has 29 heavy (non-hydrogen) atoms. The number of pyridine rings is 1. The summed E-state index contributed by atoms with van der Waals surface area (Å²) in [4.78, 5) is 31.0. The third-order valence-corrected chi connectivity index (χ3v) is 4.69. The summed E-state index contributed by atoms with van der Waals surface area (Å²) in [6.45, 7) is 4.73. The van der Waals surface area contributed by atoms with E-state index < -0.39 is 0 Å². The number of rotatable bonds is 6. The summed E-state index contributed by atoms with van der Waals surface area (Å²) in [5, 5.41) is 2.86. The molecule has 3 rings (SSSR count). The van der Waals surface area contributed by atoms with E-state index in [1.165, 1.54) is 18.0 Å². The first-order valence-corrected chi connectivity index (χ1v) is 9.60. The van der Waals surface area contributed by atoms with Crippen LogP contribution in [0, 0.1) is 0 Å². The number of anilines is 1. The Balaban J connectivity index is 1.69. The van der Waals surface area contributed by atoms with Gasteiger partial charge in [0, 0.05) is 31.7 Å². The van der Waals surface area contributed by atoms with Gasteiger partial charge in [0.2, 0.25) is 0 Å². The van der Waals surface area contributed by atoms with Crippen molar-refractivity contribution in [1.29, 1.82) is 0 Å². The number of hydrogen-bond donors (Lipinski definition) is 1. The van der Waals surface area contributed by atoms with Crippen LogP contribution in [0.5, 0.6) is 0 Å². The fourth-order valence-electron chi connectivity index (χ4n) is 2.99. The molecule has 0 unspecified atom stereocenters. The first-order chi connectivity index (χ1) is 13.9. The topological polar surface area (TPSA) is 62.3 Å². The second kappa shape index (κ2) is 9.15. The number of carbonyl (C=O) groups is 2. The number of aromatic nitrogens is 1. The average molecular weight is 387 g/mol. The first-order valence-electron chi connectivity index (χ1n) is 9.60. The van der Waals surface area contributed by atoms with Crippen molar-refractivity contribution >= 4 is 17.5 Å². The van der Waals surface area contributed by atoms with E-state index in [1.54, 1.807) is 18.0 Å². The monoisotopic (exact) mass is 387 g/mol. The Bertz CT molecular complexity index is 983. The molecule has 1 aromatic heterocycles. The van der Waals surface area contributed by atoms with E-state index in [0.29, 0.717) is 29.3 Å². The molecule has 0 fully saturated rings. The number of benzene rings is 2. The molecule has 0 bridgehead atoms. The largest absolute Gasteiger partial charge is 0.337 e. The quantitative estimate of drug-likeness (QED) is 0.665. The molecule has 0 aliphatic rings. The van der Waals surface area contributed by atoms with E-state index in [1.807, 2.05) is 54.6 Å². The molecule has 0 aliphatic carbocycles. The Morgan fingerprint density at radius 2 is 1.62 bits per heavy atom. The lowest BCUT2D eigenvalue weighted by Crippen LogP contribution is -2.26. The van der Waals surface area contributed by atoms with Crippen molar-refractivity contribution in [1.82, 2.24) is 9.88 Å². The Labute approximate surface area is 171 Å². The molecule has 2 amide bonds. The summed E-state index contributed by atoms with van der Waals surface area (Å²) in [6.07, 6.45) is 2.95. The maximum absolute atomic E-state index is 12.7. The zero-order chi connectivity index (χ0) is 20.8. The van der Waals surface area contributed by atoms with Crippen molar-refractivity contribution in [3.05, 3.63) is 95.3 Å². The molecule has 0 radical (unpaired) electrons. The third-order valence-electron chi connectivity index (χ3n) is 4.69. The summed E-state index contributed by atoms with van der Waals surface area (Å²) in [5.41, 5.74) is 3.68. The molecule has 0 saturated carbocycles. The van der Waals surface area contributed by atoms with Gasteiger partial charge in [0.05, 0.1) is 11.1 Å². The lowest BCUT2D eigenvalue weighted by molar-refractivity contribution is 0.0784. The van der Waals surface area contributed by atoms with Gasteiger partial charge in [-0.15, -0.1) is 0 Å². The number of nitrogens with one attached hydrogen (secondary N) is 1. The summed E-state index contributed by atoms with van der Waals surface area (Å²) in [7, 11) is 1.73. The fourth-order valence-corrected chi connectivity index (χ4v) is 2.99. The molecular formula is C24H25N3O2. The molecule has 0 spiro atoms. The normalized spacial score (nSPS) is 10.6. The highest BCUT2D eigenvalue weighted by atomic mass is 16.2. The van der Waals surface area contributed by atoms with Gasteiger partial charge < -0.3 is 10.2 Å². The van der Waals surface area contributed by atoms with Crippen LogP contribution in [0.25, 0.3) is 0 Å². The van der Waals surface area contributed by atoms with Crippen molar-refractivity contribution in [3.63, 3.8) is 0 Å². The molecule has 2 aromatic carbocycles. The Morgan fingerprint density at radius 3 is 2.28 bits per heavy atom. The maximum Gasteiger partial charge on any atom is 0.257 e. The minimum absolute atomic E-state index is 0.183. The molecule has 148 valence electrons. The van der Waals surface area contributed by atoms with Gasteiger partial charge in [-0.25, -0.2) is 0 Å². The van der Waals surface area contributed by atoms with Gasteiger partial charge in [-0.3, -0.25) is 14.6 Å². The van der Waals surface area contributed by atoms with Crippen LogP contribution in [0.2, 0.25) is 0 Å². The highest BCUT2D eigenvalue weighted by molar-refractivity contribution is 6.05. The minimum atomic E-state index is -0.296. The molecule has 1 heterocycles. The molecule has 0 aliphatic heterocycles. The highest BCUT2D eigenvalue weighted by Gasteiger charge is 2.15. The molecule has 0 saturated heterocycles. The predicted octanol–water partition coefficient (Wildman–Crippen LogP) is 4.73. The van der Waals surface area contributed by atoms with Gasteiger partial charge in [0.15, 0.2) is 0 Å². The second-order valence-electron chi connectivity index (χ2n) is 7.34. The van der Waals surface area contributed by atoms with Gasteiger partial charge in [0.1, 0.15) is 0 Å². The third kappa shape index (κ3) is 5.29. The molecule has 1 N–H and O–H groups in total. The van der Waals surface area contributed by atoms with Crippen LogP contribution in [-0.4, -0.2) is 28.7 Å². The van der Waals surface area contributed by atoms with Crippen molar-refractivity contribution in [3.8, 4) is 0 Å². The molecule has 5 heteroatoms. The standard InChI is InChI=1S/C24H25N3O2/c1-17(2)19-9-11-22(12-10-19)26-23(28)20-13-21(15-25-14-20)24(29)27(3)16-18-7-5-4-6-8-18/h4-15,17H,16H2,1-3H3,(H,26,28). The van der Waals surface area contributed by atoms with E-state index >= 15 is 0 Å². The van der Waals surface area contributed by atoms with Gasteiger partial charge in [0.25, 0.3) is 11.8 Å². The number of amides is 2. The van der Waals surface area contributed by atoms with Crippen LogP contribution >= 0.6 is 0 Å². The lowest BCUT2D eigenvalue weighted by Gasteiger charge is -2.17. The predicted molar refractivity (Wildman–Crippen MR) is 115 cm³/mol.